The summed E-state index contributed by atoms with van der Waals surface area (Å²) in [7, 11) is 0. The second kappa shape index (κ2) is 6.99. The maximum Gasteiger partial charge on any atom is 0.274 e. The number of anilines is 1. The monoisotopic (exact) mass is 362 g/mol. The summed E-state index contributed by atoms with van der Waals surface area (Å²) in [6.45, 7) is 1.91. The summed E-state index contributed by atoms with van der Waals surface area (Å²) in [6, 6.07) is 7.18. The van der Waals surface area contributed by atoms with Crippen molar-refractivity contribution in [3.05, 3.63) is 59.6 Å². The van der Waals surface area contributed by atoms with Gasteiger partial charge in [-0.05, 0) is 49.7 Å². The van der Waals surface area contributed by atoms with Crippen LogP contribution in [0.15, 0.2) is 41.2 Å². The lowest BCUT2D eigenvalue weighted by molar-refractivity contribution is 0.102. The molecule has 1 aliphatic rings. The number of hydrogen-bond donors (Lipinski definition) is 2. The lowest BCUT2D eigenvalue weighted by Gasteiger charge is -2.09. The molecule has 2 heterocycles. The molecule has 27 heavy (non-hydrogen) atoms. The van der Waals surface area contributed by atoms with E-state index in [2.05, 4.69) is 25.4 Å². The highest BCUT2D eigenvalue weighted by molar-refractivity contribution is 6.03. The van der Waals surface area contributed by atoms with Crippen molar-refractivity contribution in [2.75, 3.05) is 5.32 Å². The van der Waals surface area contributed by atoms with E-state index >= 15 is 0 Å². The van der Waals surface area contributed by atoms with Crippen LogP contribution in [0.5, 0.6) is 0 Å². The minimum atomic E-state index is -0.337. The summed E-state index contributed by atoms with van der Waals surface area (Å²) in [5, 5.41) is 6.93. The number of nitrogens with two attached hydrogens (primary N) is 1. The van der Waals surface area contributed by atoms with E-state index in [0.717, 1.165) is 24.0 Å². The van der Waals surface area contributed by atoms with Gasteiger partial charge in [0.2, 0.25) is 11.7 Å². The van der Waals surface area contributed by atoms with Crippen molar-refractivity contribution >= 4 is 17.7 Å². The first kappa shape index (κ1) is 16.9. The molecule has 4 rings (SSSR count). The van der Waals surface area contributed by atoms with E-state index in [1.54, 1.807) is 6.07 Å². The van der Waals surface area contributed by atoms with Crippen molar-refractivity contribution in [2.24, 2.45) is 5.73 Å². The van der Waals surface area contributed by atoms with E-state index in [0.29, 0.717) is 29.1 Å². The van der Waals surface area contributed by atoms with Crippen LogP contribution in [-0.2, 0) is 0 Å². The average molecular weight is 362 g/mol. The van der Waals surface area contributed by atoms with E-state index in [-0.39, 0.29) is 11.6 Å². The molecule has 0 saturated heterocycles. The maximum absolute atomic E-state index is 12.6. The molecule has 8 nitrogen and oxygen atoms in total. The van der Waals surface area contributed by atoms with Gasteiger partial charge in [0.15, 0.2) is 5.82 Å². The third kappa shape index (κ3) is 3.69. The molecule has 1 aromatic carbocycles. The molecule has 1 saturated carbocycles. The van der Waals surface area contributed by atoms with Gasteiger partial charge in [-0.3, -0.25) is 4.79 Å². The van der Waals surface area contributed by atoms with Crippen molar-refractivity contribution in [3.63, 3.8) is 0 Å². The first-order valence-electron chi connectivity index (χ1n) is 8.61. The van der Waals surface area contributed by atoms with Crippen LogP contribution in [0.25, 0.3) is 17.5 Å². The number of carbonyl (C=O) groups is 1. The van der Waals surface area contributed by atoms with Gasteiger partial charge in [0.1, 0.15) is 5.69 Å². The first-order valence-corrected chi connectivity index (χ1v) is 8.61. The Bertz CT molecular complexity index is 1020. The number of nitrogens with zero attached hydrogens (tertiary/aromatic N) is 4. The fraction of sp³-hybridized carbons (Fsp3) is 0.211. The Kier molecular flexibility index (Phi) is 4.37. The standard InChI is InChI=1S/C19H18N6O2/c1-11-2-3-13(17-24-19(27-25-17)12-4-5-12)10-15(11)23-18(26)14-7-9-21-16(22-14)6-8-20/h2-3,6-10,12H,4-5,20H2,1H3,(H,23,26)/b8-6-. The topological polar surface area (TPSA) is 120 Å². The van der Waals surface area contributed by atoms with Crippen LogP contribution < -0.4 is 11.1 Å². The fourth-order valence-corrected chi connectivity index (χ4v) is 2.60. The molecule has 2 aromatic heterocycles. The molecule has 3 aromatic rings. The number of aryl methyl sites for hydroxylation is 1. The molecule has 136 valence electrons. The van der Waals surface area contributed by atoms with Gasteiger partial charge in [-0.25, -0.2) is 9.97 Å². The summed E-state index contributed by atoms with van der Waals surface area (Å²) in [5.74, 6) is 1.62. The van der Waals surface area contributed by atoms with Gasteiger partial charge in [0, 0.05) is 23.4 Å². The van der Waals surface area contributed by atoms with Gasteiger partial charge >= 0.3 is 0 Å². The average Bonchev–Trinajstić information content (AvgIpc) is 3.41. The number of rotatable bonds is 5. The molecule has 0 bridgehead atoms. The van der Waals surface area contributed by atoms with Gasteiger partial charge in [-0.1, -0.05) is 17.3 Å². The molecule has 0 radical (unpaired) electrons. The Morgan fingerprint density at radius 3 is 2.93 bits per heavy atom. The Hall–Kier alpha value is -3.55. The van der Waals surface area contributed by atoms with Crippen LogP contribution >= 0.6 is 0 Å². The van der Waals surface area contributed by atoms with Crippen LogP contribution in [0.2, 0.25) is 0 Å². The van der Waals surface area contributed by atoms with Gasteiger partial charge < -0.3 is 15.6 Å². The number of amides is 1. The second-order valence-electron chi connectivity index (χ2n) is 6.37. The summed E-state index contributed by atoms with van der Waals surface area (Å²) in [4.78, 5) is 25.2. The third-order valence-electron chi connectivity index (χ3n) is 4.26. The summed E-state index contributed by atoms with van der Waals surface area (Å²) >= 11 is 0. The minimum absolute atomic E-state index is 0.249. The van der Waals surface area contributed by atoms with Crippen LogP contribution in [0.4, 0.5) is 5.69 Å². The Balaban J connectivity index is 1.57. The molecule has 3 N–H and O–H groups in total. The quantitative estimate of drug-likeness (QED) is 0.716. The summed E-state index contributed by atoms with van der Waals surface area (Å²) in [6.07, 6.45) is 6.55. The van der Waals surface area contributed by atoms with Crippen molar-refractivity contribution in [2.45, 2.75) is 25.7 Å². The Morgan fingerprint density at radius 2 is 2.15 bits per heavy atom. The molecule has 0 aliphatic heterocycles. The van der Waals surface area contributed by atoms with Gasteiger partial charge in [-0.15, -0.1) is 0 Å². The third-order valence-corrected chi connectivity index (χ3v) is 4.26. The Labute approximate surface area is 155 Å². The van der Waals surface area contributed by atoms with Crippen molar-refractivity contribution in [1.29, 1.82) is 0 Å². The summed E-state index contributed by atoms with van der Waals surface area (Å²) in [5.41, 5.74) is 7.94. The van der Waals surface area contributed by atoms with Gasteiger partial charge in [-0.2, -0.15) is 4.98 Å². The molecule has 1 fully saturated rings. The minimum Gasteiger partial charge on any atom is -0.404 e. The maximum atomic E-state index is 12.6. The van der Waals surface area contributed by atoms with Gasteiger partial charge in [0.25, 0.3) is 5.91 Å². The van der Waals surface area contributed by atoms with Crippen molar-refractivity contribution in [3.8, 4) is 11.4 Å². The van der Waals surface area contributed by atoms with Crippen molar-refractivity contribution in [1.82, 2.24) is 20.1 Å². The molecule has 1 aliphatic carbocycles. The van der Waals surface area contributed by atoms with E-state index in [4.69, 9.17) is 10.3 Å². The first-order chi connectivity index (χ1) is 13.1. The fourth-order valence-electron chi connectivity index (χ4n) is 2.60. The SMILES string of the molecule is Cc1ccc(-c2noc(C3CC3)n2)cc1NC(=O)c1ccnc(/C=C\N)n1. The molecular formula is C19H18N6O2. The zero-order valence-electron chi connectivity index (χ0n) is 14.7. The molecule has 0 atom stereocenters. The molecule has 8 heteroatoms. The van der Waals surface area contributed by atoms with E-state index in [1.165, 1.54) is 18.5 Å². The van der Waals surface area contributed by atoms with Crippen LogP contribution in [0.3, 0.4) is 0 Å². The predicted molar refractivity (Wildman–Crippen MR) is 99.7 cm³/mol. The molecule has 0 unspecified atom stereocenters. The molecule has 0 spiro atoms. The lowest BCUT2D eigenvalue weighted by atomic mass is 10.1. The number of hydrogen-bond acceptors (Lipinski definition) is 7. The van der Waals surface area contributed by atoms with Crippen LogP contribution in [0, 0.1) is 6.92 Å². The smallest absolute Gasteiger partial charge is 0.274 e. The Morgan fingerprint density at radius 1 is 1.30 bits per heavy atom. The normalized spacial score (nSPS) is 13.8. The van der Waals surface area contributed by atoms with Crippen LogP contribution in [-0.4, -0.2) is 26.0 Å². The van der Waals surface area contributed by atoms with Crippen molar-refractivity contribution < 1.29 is 9.32 Å². The van der Waals surface area contributed by atoms with Crippen LogP contribution in [0.1, 0.15) is 46.5 Å². The number of nitrogens with one attached hydrogen (secondary N) is 1. The molecule has 1 amide bonds. The highest BCUT2D eigenvalue weighted by atomic mass is 16.5. The van der Waals surface area contributed by atoms with E-state index in [1.807, 2.05) is 25.1 Å². The molecular weight excluding hydrogens is 344 g/mol. The highest BCUT2D eigenvalue weighted by Crippen LogP contribution is 2.39. The predicted octanol–water partition coefficient (Wildman–Crippen LogP) is 2.89. The van der Waals surface area contributed by atoms with E-state index in [9.17, 15) is 4.79 Å². The second-order valence-corrected chi connectivity index (χ2v) is 6.37. The number of benzene rings is 1. The van der Waals surface area contributed by atoms with Gasteiger partial charge in [0.05, 0.1) is 0 Å². The number of aromatic nitrogens is 4. The largest absolute Gasteiger partial charge is 0.404 e. The lowest BCUT2D eigenvalue weighted by Crippen LogP contribution is -2.15. The zero-order valence-corrected chi connectivity index (χ0v) is 14.7. The number of carbonyl (C=O) groups excluding carboxylic acids is 1. The zero-order chi connectivity index (χ0) is 18.8. The summed E-state index contributed by atoms with van der Waals surface area (Å²) < 4.78 is 5.32. The van der Waals surface area contributed by atoms with E-state index < -0.39 is 0 Å². The highest BCUT2D eigenvalue weighted by Gasteiger charge is 2.29.